The first-order valence-corrected chi connectivity index (χ1v) is 16.9. The SMILES string of the molecule is CC1C2(C)OC3(C)CC(C)(O2)C(P)(c2ccc(C(C)(C)C)cc2C2(P)C4(C)CC5(C)OC(C)(O4)C(C)C2(C)O5)C1(C)O3. The highest BCUT2D eigenvalue weighted by Gasteiger charge is 2.83. The molecular weight excluding hydrogens is 566 g/mol. The second-order valence-corrected chi connectivity index (χ2v) is 18.7. The van der Waals surface area contributed by atoms with Crippen LogP contribution in [0.25, 0.3) is 0 Å². The monoisotopic (exact) mass is 618 g/mol. The van der Waals surface area contributed by atoms with Crippen LogP contribution in [0.15, 0.2) is 18.2 Å². The van der Waals surface area contributed by atoms with Crippen LogP contribution in [-0.4, -0.2) is 45.6 Å². The summed E-state index contributed by atoms with van der Waals surface area (Å²) >= 11 is 0. The van der Waals surface area contributed by atoms with E-state index in [1.807, 2.05) is 0 Å². The van der Waals surface area contributed by atoms with Crippen LogP contribution in [-0.2, 0) is 44.1 Å². The largest absolute Gasteiger partial charge is 0.342 e. The summed E-state index contributed by atoms with van der Waals surface area (Å²) in [6, 6.07) is 7.08. The van der Waals surface area contributed by atoms with Crippen molar-refractivity contribution >= 4 is 18.5 Å². The Balaban J connectivity index is 1.54. The van der Waals surface area contributed by atoms with Gasteiger partial charge in [-0.3, -0.25) is 0 Å². The molecule has 14 unspecified atom stereocenters. The van der Waals surface area contributed by atoms with Crippen molar-refractivity contribution in [2.24, 2.45) is 11.8 Å². The van der Waals surface area contributed by atoms with Crippen LogP contribution in [0, 0.1) is 11.8 Å². The highest BCUT2D eigenvalue weighted by molar-refractivity contribution is 7.19. The molecule has 42 heavy (non-hydrogen) atoms. The van der Waals surface area contributed by atoms with E-state index in [1.54, 1.807) is 0 Å². The Morgan fingerprint density at radius 1 is 0.619 bits per heavy atom. The fraction of sp³-hybridized carbons (Fsp3) is 0.824. The van der Waals surface area contributed by atoms with Crippen molar-refractivity contribution in [2.75, 3.05) is 0 Å². The quantitative estimate of drug-likeness (QED) is 0.326. The number of hydrogen-bond acceptors (Lipinski definition) is 6. The van der Waals surface area contributed by atoms with Crippen LogP contribution < -0.4 is 0 Å². The molecule has 0 saturated carbocycles. The number of ether oxygens (including phenoxy) is 6. The normalized spacial score (nSPS) is 59.5. The second kappa shape index (κ2) is 7.69. The summed E-state index contributed by atoms with van der Waals surface area (Å²) in [4.78, 5) is 0. The molecule has 1 aromatic rings. The zero-order chi connectivity index (χ0) is 31.2. The second-order valence-electron chi connectivity index (χ2n) is 17.0. The Labute approximate surface area is 257 Å². The van der Waals surface area contributed by atoms with Gasteiger partial charge in [-0.05, 0) is 77.5 Å². The Hall–Kier alpha value is -0.160. The predicted molar refractivity (Wildman–Crippen MR) is 169 cm³/mol. The average molecular weight is 619 g/mol. The van der Waals surface area contributed by atoms with Gasteiger partial charge in [-0.2, -0.15) is 0 Å². The first-order valence-electron chi connectivity index (χ1n) is 15.7. The Morgan fingerprint density at radius 2 is 1.02 bits per heavy atom. The molecule has 8 bridgehead atoms. The van der Waals surface area contributed by atoms with Crippen molar-refractivity contribution in [3.05, 3.63) is 34.9 Å². The van der Waals surface area contributed by atoms with Gasteiger partial charge in [0, 0.05) is 24.7 Å². The third-order valence-electron chi connectivity index (χ3n) is 13.1. The molecule has 9 rings (SSSR count). The molecule has 8 aliphatic rings. The molecule has 0 spiro atoms. The minimum atomic E-state index is -0.753. The molecule has 14 atom stereocenters. The fourth-order valence-electron chi connectivity index (χ4n) is 10.8. The van der Waals surface area contributed by atoms with E-state index in [2.05, 4.69) is 127 Å². The maximum Gasteiger partial charge on any atom is 0.175 e. The Bertz CT molecular complexity index is 1410. The van der Waals surface area contributed by atoms with Gasteiger partial charge in [-0.15, -0.1) is 18.5 Å². The molecule has 0 amide bonds. The third-order valence-corrected chi connectivity index (χ3v) is 16.1. The van der Waals surface area contributed by atoms with E-state index < -0.39 is 55.9 Å². The molecule has 0 N–H and O–H groups in total. The summed E-state index contributed by atoms with van der Waals surface area (Å²) in [6.45, 7) is 28.7. The van der Waals surface area contributed by atoms with Crippen molar-refractivity contribution in [2.45, 2.75) is 164 Å². The molecule has 8 fully saturated rings. The van der Waals surface area contributed by atoms with Gasteiger partial charge in [0.15, 0.2) is 23.1 Å². The minimum Gasteiger partial charge on any atom is -0.342 e. The van der Waals surface area contributed by atoms with Crippen LogP contribution in [0.1, 0.15) is 120 Å². The molecule has 1 aromatic carbocycles. The van der Waals surface area contributed by atoms with Crippen LogP contribution in [0.2, 0.25) is 0 Å². The Morgan fingerprint density at radius 3 is 1.43 bits per heavy atom. The van der Waals surface area contributed by atoms with Gasteiger partial charge >= 0.3 is 0 Å². The number of hydrogen-bond donors (Lipinski definition) is 0. The highest BCUT2D eigenvalue weighted by Crippen LogP contribution is 2.76. The molecule has 8 aliphatic heterocycles. The number of rotatable bonds is 2. The fourth-order valence-corrected chi connectivity index (χ4v) is 12.3. The zero-order valence-corrected chi connectivity index (χ0v) is 30.2. The molecule has 0 aliphatic carbocycles. The lowest BCUT2D eigenvalue weighted by Crippen LogP contribution is -2.86. The zero-order valence-electron chi connectivity index (χ0n) is 27.9. The van der Waals surface area contributed by atoms with E-state index in [4.69, 9.17) is 28.4 Å². The standard InChI is InChI=1S/C34H52O6P2/c1-19-29(10)33(41,25(6)17-27(8,37-29)39-31(19,12)35-25)22-15-14-21(24(3,4)5)16-23(22)34(42)26(7)18-28(9)38-30(34,11)20(2)32(13,36-26)40-28/h14-16,19-20H,17-18,41-42H2,1-13H3. The lowest BCUT2D eigenvalue weighted by molar-refractivity contribution is -0.545. The topological polar surface area (TPSA) is 55.4 Å². The van der Waals surface area contributed by atoms with Gasteiger partial charge < -0.3 is 28.4 Å². The molecule has 8 heterocycles. The molecule has 234 valence electrons. The van der Waals surface area contributed by atoms with Gasteiger partial charge in [0.2, 0.25) is 0 Å². The van der Waals surface area contributed by atoms with Crippen molar-refractivity contribution in [1.29, 1.82) is 0 Å². The van der Waals surface area contributed by atoms with E-state index in [0.29, 0.717) is 12.8 Å². The van der Waals surface area contributed by atoms with Crippen molar-refractivity contribution in [3.63, 3.8) is 0 Å². The van der Waals surface area contributed by atoms with Gasteiger partial charge in [0.05, 0.1) is 32.7 Å². The number of benzene rings is 1. The van der Waals surface area contributed by atoms with E-state index in [1.165, 1.54) is 16.7 Å². The van der Waals surface area contributed by atoms with Crippen LogP contribution in [0.4, 0.5) is 0 Å². The summed E-state index contributed by atoms with van der Waals surface area (Å²) in [5.74, 6) is -3.04. The predicted octanol–water partition coefficient (Wildman–Crippen LogP) is 7.26. The maximum absolute atomic E-state index is 7.12. The maximum atomic E-state index is 7.12. The molecule has 8 heteroatoms. The summed E-state index contributed by atoms with van der Waals surface area (Å²) < 4.78 is 41.5. The van der Waals surface area contributed by atoms with Crippen LogP contribution >= 0.6 is 18.5 Å². The molecule has 0 radical (unpaired) electrons. The summed E-state index contributed by atoms with van der Waals surface area (Å²) in [5, 5.41) is -1.22. The van der Waals surface area contributed by atoms with Crippen molar-refractivity contribution in [1.82, 2.24) is 0 Å². The third kappa shape index (κ3) is 3.12. The van der Waals surface area contributed by atoms with Crippen LogP contribution in [0.3, 0.4) is 0 Å². The molecule has 6 nitrogen and oxygen atoms in total. The van der Waals surface area contributed by atoms with Crippen LogP contribution in [0.5, 0.6) is 0 Å². The summed E-state index contributed by atoms with van der Waals surface area (Å²) in [7, 11) is 6.62. The van der Waals surface area contributed by atoms with Gasteiger partial charge in [0.25, 0.3) is 0 Å². The first kappa shape index (κ1) is 30.5. The van der Waals surface area contributed by atoms with Crippen molar-refractivity contribution in [3.8, 4) is 0 Å². The summed E-state index contributed by atoms with van der Waals surface area (Å²) in [6.07, 6.45) is 1.24. The molecule has 8 saturated heterocycles. The van der Waals surface area contributed by atoms with Gasteiger partial charge in [-0.25, -0.2) is 0 Å². The average Bonchev–Trinajstić information content (AvgIpc) is 2.80. The first-order chi connectivity index (χ1) is 18.8. The molecule has 0 aromatic heterocycles. The summed E-state index contributed by atoms with van der Waals surface area (Å²) in [5.41, 5.74) is 1.23. The van der Waals surface area contributed by atoms with E-state index >= 15 is 0 Å². The minimum absolute atomic E-state index is 0.0399. The molecular formula is C34H52O6P2. The van der Waals surface area contributed by atoms with E-state index in [9.17, 15) is 0 Å². The lowest BCUT2D eigenvalue weighted by Gasteiger charge is -2.78. The lowest BCUT2D eigenvalue weighted by atomic mass is 9.53. The Kier molecular flexibility index (Phi) is 5.58. The van der Waals surface area contributed by atoms with Crippen molar-refractivity contribution < 1.29 is 28.4 Å². The highest BCUT2D eigenvalue weighted by atomic mass is 31.0. The van der Waals surface area contributed by atoms with E-state index in [0.717, 1.165) is 0 Å². The van der Waals surface area contributed by atoms with Gasteiger partial charge in [0.1, 0.15) is 0 Å². The van der Waals surface area contributed by atoms with Gasteiger partial charge in [-0.1, -0.05) is 52.8 Å². The smallest absolute Gasteiger partial charge is 0.175 e. The van der Waals surface area contributed by atoms with E-state index in [-0.39, 0.29) is 17.3 Å².